The Morgan fingerprint density at radius 1 is 1.21 bits per heavy atom. The summed E-state index contributed by atoms with van der Waals surface area (Å²) in [5, 5.41) is 8.16. The van der Waals surface area contributed by atoms with E-state index in [1.807, 2.05) is 55.1 Å². The van der Waals surface area contributed by atoms with Gasteiger partial charge in [-0.05, 0) is 55.8 Å². The normalized spacial score (nSPS) is 10.5. The number of nitrogens with two attached hydrogens (primary N) is 1. The molecular weight excluding hydrogens is 370 g/mol. The van der Waals surface area contributed by atoms with Gasteiger partial charge in [-0.2, -0.15) is 5.10 Å². The molecule has 0 spiro atoms. The maximum Gasteiger partial charge on any atom is 0.335 e. The maximum absolute atomic E-state index is 12.0. The van der Waals surface area contributed by atoms with Crippen molar-refractivity contribution < 1.29 is 14.3 Å². The first-order valence-corrected chi connectivity index (χ1v) is 9.10. The Morgan fingerprint density at radius 3 is 2.62 bits per heavy atom. The highest BCUT2D eigenvalue weighted by Gasteiger charge is 2.14. The molecule has 0 aliphatic rings. The Hall–Kier alpha value is -3.52. The van der Waals surface area contributed by atoms with Gasteiger partial charge in [-0.1, -0.05) is 6.07 Å². The van der Waals surface area contributed by atoms with Crippen LogP contribution in [0.1, 0.15) is 16.8 Å². The number of aromatic nitrogens is 2. The predicted molar refractivity (Wildman–Crippen MR) is 111 cm³/mol. The second-order valence-electron chi connectivity index (χ2n) is 6.67. The molecule has 2 aromatic carbocycles. The third kappa shape index (κ3) is 4.67. The van der Waals surface area contributed by atoms with Crippen molar-refractivity contribution >= 4 is 11.7 Å². The van der Waals surface area contributed by atoms with Crippen LogP contribution in [0.4, 0.5) is 10.5 Å². The maximum atomic E-state index is 12.0. The second-order valence-corrected chi connectivity index (χ2v) is 6.67. The third-order valence-corrected chi connectivity index (χ3v) is 4.43. The summed E-state index contributed by atoms with van der Waals surface area (Å²) in [6, 6.07) is 12.8. The van der Waals surface area contributed by atoms with Crippen molar-refractivity contribution in [2.75, 3.05) is 19.5 Å². The first-order valence-electron chi connectivity index (χ1n) is 9.10. The number of hydrogen-bond donors (Lipinski definition) is 2. The largest absolute Gasteiger partial charge is 0.496 e. The van der Waals surface area contributed by atoms with Crippen molar-refractivity contribution in [3.8, 4) is 17.2 Å². The molecule has 29 heavy (non-hydrogen) atoms. The average Bonchev–Trinajstić information content (AvgIpc) is 3.13. The molecule has 0 aliphatic heterocycles. The molecule has 0 saturated carbocycles. The molecule has 0 unspecified atom stereocenters. The van der Waals surface area contributed by atoms with E-state index >= 15 is 0 Å². The Morgan fingerprint density at radius 2 is 2.00 bits per heavy atom. The number of methoxy groups -OCH3 is 1. The van der Waals surface area contributed by atoms with E-state index in [1.54, 1.807) is 19.2 Å². The van der Waals surface area contributed by atoms with Gasteiger partial charge in [-0.15, -0.1) is 0 Å². The highest BCUT2D eigenvalue weighted by atomic mass is 16.5. The monoisotopic (exact) mass is 395 g/mol. The van der Waals surface area contributed by atoms with Crippen LogP contribution in [0.3, 0.4) is 0 Å². The number of aryl methyl sites for hydroxylation is 2. The zero-order valence-corrected chi connectivity index (χ0v) is 17.0. The molecule has 8 nitrogen and oxygen atoms in total. The van der Waals surface area contributed by atoms with E-state index in [-0.39, 0.29) is 6.61 Å². The molecule has 0 atom stereocenters. The molecule has 0 fully saturated rings. The molecule has 3 aromatic rings. The fourth-order valence-corrected chi connectivity index (χ4v) is 2.87. The molecule has 0 aliphatic carbocycles. The van der Waals surface area contributed by atoms with E-state index in [0.29, 0.717) is 11.4 Å². The van der Waals surface area contributed by atoms with Gasteiger partial charge in [0.1, 0.15) is 18.1 Å². The minimum atomic E-state index is -0.436. The first kappa shape index (κ1) is 20.2. The van der Waals surface area contributed by atoms with Gasteiger partial charge in [0, 0.05) is 13.2 Å². The quantitative estimate of drug-likeness (QED) is 0.379. The van der Waals surface area contributed by atoms with Gasteiger partial charge < -0.3 is 14.8 Å². The first-order chi connectivity index (χ1) is 13.9. The number of ether oxygens (including phenoxy) is 2. The van der Waals surface area contributed by atoms with Gasteiger partial charge >= 0.3 is 6.03 Å². The molecule has 0 bridgehead atoms. The van der Waals surface area contributed by atoms with Gasteiger partial charge in [-0.25, -0.2) is 15.3 Å². The van der Waals surface area contributed by atoms with Gasteiger partial charge in [0.25, 0.3) is 0 Å². The smallest absolute Gasteiger partial charge is 0.335 e. The van der Waals surface area contributed by atoms with E-state index in [1.165, 1.54) is 7.05 Å². The number of carbonyl (C=O) groups excluding carboxylic acids is 1. The number of anilines is 1. The fraction of sp³-hybridized carbons (Fsp3) is 0.238. The lowest BCUT2D eigenvalue weighted by Gasteiger charge is -2.18. The van der Waals surface area contributed by atoms with Gasteiger partial charge in [-0.3, -0.25) is 5.01 Å². The predicted octanol–water partition coefficient (Wildman–Crippen LogP) is 3.41. The Balaban J connectivity index is 1.81. The summed E-state index contributed by atoms with van der Waals surface area (Å²) in [7, 11) is 3.04. The van der Waals surface area contributed by atoms with E-state index < -0.39 is 6.03 Å². The molecule has 1 aromatic heterocycles. The van der Waals surface area contributed by atoms with Crippen LogP contribution < -0.4 is 20.6 Å². The molecule has 1 heterocycles. The summed E-state index contributed by atoms with van der Waals surface area (Å²) in [6.45, 7) is 4.14. The second kappa shape index (κ2) is 8.66. The van der Waals surface area contributed by atoms with E-state index in [9.17, 15) is 4.79 Å². The lowest BCUT2D eigenvalue weighted by atomic mass is 10.1. The number of nitrogens with zero attached hydrogens (tertiary/aromatic N) is 3. The Labute approximate surface area is 169 Å². The molecule has 2 amide bonds. The number of carbonyl (C=O) groups is 1. The number of benzene rings is 2. The van der Waals surface area contributed by atoms with Gasteiger partial charge in [0.15, 0.2) is 0 Å². The van der Waals surface area contributed by atoms with Crippen LogP contribution >= 0.6 is 0 Å². The zero-order valence-electron chi connectivity index (χ0n) is 17.0. The molecule has 0 radical (unpaired) electrons. The summed E-state index contributed by atoms with van der Waals surface area (Å²) in [6.07, 6.45) is 1.92. The van der Waals surface area contributed by atoms with E-state index in [2.05, 4.69) is 10.4 Å². The lowest BCUT2D eigenvalue weighted by Crippen LogP contribution is -2.37. The summed E-state index contributed by atoms with van der Waals surface area (Å²) >= 11 is 0. The molecule has 152 valence electrons. The highest BCUT2D eigenvalue weighted by Crippen LogP contribution is 2.29. The lowest BCUT2D eigenvalue weighted by molar-refractivity contribution is 0.223. The van der Waals surface area contributed by atoms with Crippen molar-refractivity contribution in [2.24, 2.45) is 5.84 Å². The van der Waals surface area contributed by atoms with Crippen molar-refractivity contribution in [1.29, 1.82) is 0 Å². The van der Waals surface area contributed by atoms with Gasteiger partial charge in [0.2, 0.25) is 0 Å². The van der Waals surface area contributed by atoms with Crippen LogP contribution in [0.2, 0.25) is 0 Å². The molecule has 8 heteroatoms. The molecular formula is C21H25N5O3. The third-order valence-electron chi connectivity index (χ3n) is 4.43. The average molecular weight is 395 g/mol. The van der Waals surface area contributed by atoms with Gasteiger partial charge in [0.05, 0.1) is 29.7 Å². The topological polar surface area (TPSA) is 94.6 Å². The van der Waals surface area contributed by atoms with Crippen LogP contribution in [0.15, 0.2) is 48.7 Å². The molecule has 3 N–H and O–H groups in total. The SMILES string of the molecule is COc1cccc(NC(=O)N(C)N)c1COc1ccc(-n2ccc(C)n2)cc1C. The number of hydrogen-bond acceptors (Lipinski definition) is 5. The van der Waals surface area contributed by atoms with Crippen LogP contribution in [-0.2, 0) is 6.61 Å². The summed E-state index contributed by atoms with van der Waals surface area (Å²) in [5.74, 6) is 6.85. The Bertz CT molecular complexity index is 1010. The number of amides is 2. The number of rotatable bonds is 6. The standard InChI is InChI=1S/C21H25N5O3/c1-14-12-16(26-11-10-15(2)24-26)8-9-19(14)29-13-17-18(23-21(27)25(3)22)6-5-7-20(17)28-4/h5-12H,13,22H2,1-4H3,(H,23,27). The van der Waals surface area contributed by atoms with Crippen LogP contribution in [0.25, 0.3) is 5.69 Å². The summed E-state index contributed by atoms with van der Waals surface area (Å²) < 4.78 is 13.3. The number of hydrazine groups is 1. The highest BCUT2D eigenvalue weighted by molar-refractivity contribution is 5.90. The van der Waals surface area contributed by atoms with Crippen LogP contribution in [-0.4, -0.2) is 35.0 Å². The zero-order chi connectivity index (χ0) is 21.0. The minimum Gasteiger partial charge on any atom is -0.496 e. The van der Waals surface area contributed by atoms with E-state index in [0.717, 1.165) is 33.3 Å². The van der Waals surface area contributed by atoms with Crippen LogP contribution in [0.5, 0.6) is 11.5 Å². The van der Waals surface area contributed by atoms with Crippen molar-refractivity contribution in [3.63, 3.8) is 0 Å². The number of urea groups is 1. The van der Waals surface area contributed by atoms with Crippen molar-refractivity contribution in [1.82, 2.24) is 14.8 Å². The van der Waals surface area contributed by atoms with Crippen molar-refractivity contribution in [3.05, 3.63) is 65.5 Å². The van der Waals surface area contributed by atoms with Crippen molar-refractivity contribution in [2.45, 2.75) is 20.5 Å². The molecule has 3 rings (SSSR count). The number of nitrogens with one attached hydrogen (secondary N) is 1. The minimum absolute atomic E-state index is 0.217. The van der Waals surface area contributed by atoms with Crippen LogP contribution in [0, 0.1) is 13.8 Å². The molecule has 0 saturated heterocycles. The Kier molecular flexibility index (Phi) is 6.04. The fourth-order valence-electron chi connectivity index (χ4n) is 2.87. The summed E-state index contributed by atoms with van der Waals surface area (Å²) in [4.78, 5) is 12.0. The van der Waals surface area contributed by atoms with E-state index in [4.69, 9.17) is 15.3 Å². The summed E-state index contributed by atoms with van der Waals surface area (Å²) in [5.41, 5.74) is 4.18.